The van der Waals surface area contributed by atoms with Crippen LogP contribution in [0.15, 0.2) is 77.7 Å². The second kappa shape index (κ2) is 10.6. The van der Waals surface area contributed by atoms with Gasteiger partial charge in [-0.2, -0.15) is 4.72 Å². The molecular weight excluding hydrogens is 443 g/mol. The highest BCUT2D eigenvalue weighted by Gasteiger charge is 2.29. The molecular formula is C25H27FN2O4S. The van der Waals surface area contributed by atoms with Crippen molar-refractivity contribution in [3.8, 4) is 5.75 Å². The van der Waals surface area contributed by atoms with Crippen molar-refractivity contribution in [3.05, 3.63) is 89.7 Å². The lowest BCUT2D eigenvalue weighted by molar-refractivity contribution is -0.117. The predicted octanol–water partition coefficient (Wildman–Crippen LogP) is 4.49. The van der Waals surface area contributed by atoms with Crippen molar-refractivity contribution in [1.29, 1.82) is 0 Å². The van der Waals surface area contributed by atoms with Gasteiger partial charge in [0.15, 0.2) is 0 Å². The number of halogens is 1. The van der Waals surface area contributed by atoms with Crippen LogP contribution >= 0.6 is 0 Å². The highest BCUT2D eigenvalue weighted by atomic mass is 32.2. The molecule has 8 heteroatoms. The molecule has 3 aromatic rings. The van der Waals surface area contributed by atoms with Gasteiger partial charge in [-0.3, -0.25) is 4.79 Å². The Morgan fingerprint density at radius 2 is 1.67 bits per heavy atom. The number of methoxy groups -OCH3 is 1. The average Bonchev–Trinajstić information content (AvgIpc) is 2.80. The van der Waals surface area contributed by atoms with Gasteiger partial charge in [0.05, 0.1) is 7.11 Å². The summed E-state index contributed by atoms with van der Waals surface area (Å²) in [6, 6.07) is 18.2. The zero-order valence-electron chi connectivity index (χ0n) is 18.7. The van der Waals surface area contributed by atoms with Crippen molar-refractivity contribution >= 4 is 21.6 Å². The normalized spacial score (nSPS) is 12.4. The monoisotopic (exact) mass is 470 g/mol. The molecule has 0 aliphatic rings. The van der Waals surface area contributed by atoms with Crippen molar-refractivity contribution in [3.63, 3.8) is 0 Å². The molecule has 2 N–H and O–H groups in total. The maximum Gasteiger partial charge on any atom is 0.245 e. The zero-order valence-corrected chi connectivity index (χ0v) is 19.5. The minimum atomic E-state index is -4.12. The molecule has 0 aliphatic carbocycles. The van der Waals surface area contributed by atoms with E-state index in [1.54, 1.807) is 12.1 Å². The largest absolute Gasteiger partial charge is 0.495 e. The lowest BCUT2D eigenvalue weighted by Gasteiger charge is -2.20. The van der Waals surface area contributed by atoms with Crippen LogP contribution in [-0.2, 0) is 21.2 Å². The fraction of sp³-hybridized carbons (Fsp3) is 0.240. The Morgan fingerprint density at radius 3 is 2.27 bits per heavy atom. The summed E-state index contributed by atoms with van der Waals surface area (Å²) in [7, 11) is -2.72. The highest BCUT2D eigenvalue weighted by Crippen LogP contribution is 2.28. The maximum atomic E-state index is 13.4. The quantitative estimate of drug-likeness (QED) is 0.483. The standard InChI is InChI=1S/C25H27FN2O4S/c1-17(2)19-9-14-23(32-3)24(16-19)33(30,31)28-22(15-18-7-5-4-6-8-18)25(29)27-21-12-10-20(26)11-13-21/h4-14,16-17,22,28H,15H2,1-3H3,(H,27,29). The van der Waals surface area contributed by atoms with E-state index in [0.717, 1.165) is 11.1 Å². The molecule has 0 spiro atoms. The first kappa shape index (κ1) is 24.4. The van der Waals surface area contributed by atoms with E-state index < -0.39 is 27.8 Å². The smallest absolute Gasteiger partial charge is 0.245 e. The molecule has 1 unspecified atom stereocenters. The van der Waals surface area contributed by atoms with Crippen LogP contribution in [-0.4, -0.2) is 27.5 Å². The molecule has 0 radical (unpaired) electrons. The lowest BCUT2D eigenvalue weighted by Crippen LogP contribution is -2.45. The number of ether oxygens (including phenoxy) is 1. The summed E-state index contributed by atoms with van der Waals surface area (Å²) >= 11 is 0. The van der Waals surface area contributed by atoms with Gasteiger partial charge in [-0.05, 0) is 59.9 Å². The number of anilines is 1. The van der Waals surface area contributed by atoms with Gasteiger partial charge in [0.2, 0.25) is 15.9 Å². The van der Waals surface area contributed by atoms with E-state index >= 15 is 0 Å². The summed E-state index contributed by atoms with van der Waals surface area (Å²) in [5.41, 5.74) is 1.96. The fourth-order valence-corrected chi connectivity index (χ4v) is 4.71. The number of carbonyl (C=O) groups is 1. The number of rotatable bonds is 9. The summed E-state index contributed by atoms with van der Waals surface area (Å²) in [5, 5.41) is 2.66. The Balaban J connectivity index is 1.94. The SMILES string of the molecule is COc1ccc(C(C)C)cc1S(=O)(=O)NC(Cc1ccccc1)C(=O)Nc1ccc(F)cc1. The molecule has 33 heavy (non-hydrogen) atoms. The Hall–Kier alpha value is -3.23. The molecule has 6 nitrogen and oxygen atoms in total. The average molecular weight is 471 g/mol. The molecule has 0 saturated heterocycles. The molecule has 0 saturated carbocycles. The van der Waals surface area contributed by atoms with Gasteiger partial charge in [0.1, 0.15) is 22.5 Å². The van der Waals surface area contributed by atoms with Crippen LogP contribution in [0.3, 0.4) is 0 Å². The molecule has 1 atom stereocenters. The molecule has 0 heterocycles. The maximum absolute atomic E-state index is 13.4. The first-order valence-corrected chi connectivity index (χ1v) is 12.0. The second-order valence-electron chi connectivity index (χ2n) is 7.92. The van der Waals surface area contributed by atoms with E-state index in [1.165, 1.54) is 31.4 Å². The summed E-state index contributed by atoms with van der Waals surface area (Å²) in [5.74, 6) is -0.712. The Kier molecular flexibility index (Phi) is 7.84. The third-order valence-corrected chi connectivity index (χ3v) is 6.65. The van der Waals surface area contributed by atoms with Gasteiger partial charge < -0.3 is 10.1 Å². The summed E-state index contributed by atoms with van der Waals surface area (Å²) in [6.07, 6.45) is 0.124. The first-order chi connectivity index (χ1) is 15.7. The first-order valence-electron chi connectivity index (χ1n) is 10.5. The number of sulfonamides is 1. The van der Waals surface area contributed by atoms with Gasteiger partial charge in [-0.15, -0.1) is 0 Å². The van der Waals surface area contributed by atoms with Crippen molar-refractivity contribution in [2.24, 2.45) is 0 Å². The molecule has 0 fully saturated rings. The number of carbonyl (C=O) groups excluding carboxylic acids is 1. The van der Waals surface area contributed by atoms with E-state index in [9.17, 15) is 17.6 Å². The van der Waals surface area contributed by atoms with Crippen LogP contribution in [0.5, 0.6) is 5.75 Å². The Morgan fingerprint density at radius 1 is 1.00 bits per heavy atom. The van der Waals surface area contributed by atoms with Crippen molar-refractivity contribution < 1.29 is 22.3 Å². The Labute approximate surface area is 193 Å². The van der Waals surface area contributed by atoms with E-state index in [1.807, 2.05) is 50.2 Å². The van der Waals surface area contributed by atoms with Gasteiger partial charge >= 0.3 is 0 Å². The molecule has 0 aromatic heterocycles. The highest BCUT2D eigenvalue weighted by molar-refractivity contribution is 7.89. The molecule has 1 amide bonds. The second-order valence-corrected chi connectivity index (χ2v) is 9.61. The van der Waals surface area contributed by atoms with Crippen LogP contribution < -0.4 is 14.8 Å². The third kappa shape index (κ3) is 6.40. The van der Waals surface area contributed by atoms with Crippen molar-refractivity contribution in [2.75, 3.05) is 12.4 Å². The number of amides is 1. The number of nitrogens with one attached hydrogen (secondary N) is 2. The van der Waals surface area contributed by atoms with Gasteiger partial charge in [0, 0.05) is 5.69 Å². The van der Waals surface area contributed by atoms with Crippen LogP contribution in [0, 0.1) is 5.82 Å². The summed E-state index contributed by atoms with van der Waals surface area (Å²) in [4.78, 5) is 13.0. The van der Waals surface area contributed by atoms with E-state index in [4.69, 9.17) is 4.74 Å². The fourth-order valence-electron chi connectivity index (χ4n) is 3.31. The van der Waals surface area contributed by atoms with Crippen molar-refractivity contribution in [1.82, 2.24) is 4.72 Å². The summed E-state index contributed by atoms with van der Waals surface area (Å²) in [6.45, 7) is 3.92. The lowest BCUT2D eigenvalue weighted by atomic mass is 10.0. The van der Waals surface area contributed by atoms with E-state index in [0.29, 0.717) is 5.69 Å². The minimum absolute atomic E-state index is 0.0381. The van der Waals surface area contributed by atoms with Crippen LogP contribution in [0.25, 0.3) is 0 Å². The molecule has 174 valence electrons. The van der Waals surface area contributed by atoms with E-state index in [-0.39, 0.29) is 23.0 Å². The minimum Gasteiger partial charge on any atom is -0.495 e. The third-order valence-electron chi connectivity index (χ3n) is 5.15. The van der Waals surface area contributed by atoms with Crippen molar-refractivity contribution in [2.45, 2.75) is 37.1 Å². The number of hydrogen-bond donors (Lipinski definition) is 2. The van der Waals surface area contributed by atoms with Gasteiger partial charge in [-0.25, -0.2) is 12.8 Å². The predicted molar refractivity (Wildman–Crippen MR) is 126 cm³/mol. The molecule has 3 aromatic carbocycles. The van der Waals surface area contributed by atoms with Crippen LogP contribution in [0.4, 0.5) is 10.1 Å². The number of benzene rings is 3. The van der Waals surface area contributed by atoms with Gasteiger partial charge in [-0.1, -0.05) is 50.2 Å². The van der Waals surface area contributed by atoms with Crippen LogP contribution in [0.1, 0.15) is 30.9 Å². The van der Waals surface area contributed by atoms with E-state index in [2.05, 4.69) is 10.0 Å². The molecule has 3 rings (SSSR count). The number of hydrogen-bond acceptors (Lipinski definition) is 4. The van der Waals surface area contributed by atoms with Gasteiger partial charge in [0.25, 0.3) is 0 Å². The van der Waals surface area contributed by atoms with Crippen LogP contribution in [0.2, 0.25) is 0 Å². The molecule has 0 bridgehead atoms. The molecule has 0 aliphatic heterocycles. The zero-order chi connectivity index (χ0) is 24.0. The summed E-state index contributed by atoms with van der Waals surface area (Å²) < 4.78 is 47.8. The Bertz CT molecular complexity index is 1200. The topological polar surface area (TPSA) is 84.5 Å².